The van der Waals surface area contributed by atoms with Gasteiger partial charge in [0.15, 0.2) is 0 Å². The number of rotatable bonds is 2. The molecule has 2 aliphatic rings. The van der Waals surface area contributed by atoms with Gasteiger partial charge >= 0.3 is 116 Å². The van der Waals surface area contributed by atoms with Crippen LogP contribution in [-0.4, -0.2) is 15.0 Å². The van der Waals surface area contributed by atoms with Crippen molar-refractivity contribution in [2.24, 2.45) is 11.8 Å². The van der Waals surface area contributed by atoms with Crippen LogP contribution in [0.4, 0.5) is 0 Å². The summed E-state index contributed by atoms with van der Waals surface area (Å²) in [5, 5.41) is 0. The Morgan fingerprint density at radius 3 is 1.94 bits per heavy atom. The fraction of sp³-hybridized carbons (Fsp3) is 0.294. The summed E-state index contributed by atoms with van der Waals surface area (Å²) in [6.45, 7) is 4.50. The number of benzene rings is 1. The average molecular weight is 301 g/mol. The SMILES string of the molecule is Cc1cccc(C)c1[Se]C1C2C=CC=CC1C=C2. The third kappa shape index (κ3) is 2.13. The van der Waals surface area contributed by atoms with E-state index in [1.165, 1.54) is 11.1 Å². The van der Waals surface area contributed by atoms with Crippen LogP contribution in [0.15, 0.2) is 54.7 Å². The monoisotopic (exact) mass is 302 g/mol. The summed E-state index contributed by atoms with van der Waals surface area (Å²) >= 11 is 0.549. The van der Waals surface area contributed by atoms with Gasteiger partial charge in [0.05, 0.1) is 0 Å². The molecule has 0 saturated carbocycles. The van der Waals surface area contributed by atoms with Gasteiger partial charge in [0.2, 0.25) is 0 Å². The molecule has 2 atom stereocenters. The first-order valence-electron chi connectivity index (χ1n) is 6.52. The van der Waals surface area contributed by atoms with Crippen LogP contribution in [0.1, 0.15) is 11.1 Å². The molecule has 1 aromatic carbocycles. The maximum absolute atomic E-state index is 2.39. The second kappa shape index (κ2) is 4.91. The molecule has 92 valence electrons. The molecule has 1 heteroatoms. The Bertz CT molecular complexity index is 494. The van der Waals surface area contributed by atoms with Crippen molar-refractivity contribution in [3.8, 4) is 0 Å². The van der Waals surface area contributed by atoms with Gasteiger partial charge in [-0.3, -0.25) is 0 Å². The van der Waals surface area contributed by atoms with Gasteiger partial charge in [-0.15, -0.1) is 0 Å². The third-order valence-electron chi connectivity index (χ3n) is 3.75. The standard InChI is InChI=1S/C17H18Se/c1-12-6-5-7-13(2)16(12)18-17-14-8-3-4-9-15(17)11-10-14/h3-11,14-15,17H,1-2H3. The van der Waals surface area contributed by atoms with E-state index in [9.17, 15) is 0 Å². The minimum absolute atomic E-state index is 0.549. The maximum atomic E-state index is 2.39. The minimum atomic E-state index is 0.549. The van der Waals surface area contributed by atoms with Gasteiger partial charge in [0, 0.05) is 0 Å². The fourth-order valence-electron chi connectivity index (χ4n) is 2.74. The molecule has 0 spiro atoms. The zero-order chi connectivity index (χ0) is 12.5. The molecule has 3 rings (SSSR count). The zero-order valence-corrected chi connectivity index (χ0v) is 12.5. The second-order valence-corrected chi connectivity index (χ2v) is 7.61. The van der Waals surface area contributed by atoms with Crippen molar-refractivity contribution in [1.82, 2.24) is 0 Å². The van der Waals surface area contributed by atoms with Crippen molar-refractivity contribution in [1.29, 1.82) is 0 Å². The molecule has 0 aliphatic heterocycles. The Morgan fingerprint density at radius 2 is 1.39 bits per heavy atom. The molecule has 0 nitrogen and oxygen atoms in total. The predicted molar refractivity (Wildman–Crippen MR) is 79.5 cm³/mol. The summed E-state index contributed by atoms with van der Waals surface area (Å²) < 4.78 is 1.61. The van der Waals surface area contributed by atoms with Gasteiger partial charge in [-0.1, -0.05) is 0 Å². The number of aryl methyl sites for hydroxylation is 2. The van der Waals surface area contributed by atoms with E-state index in [4.69, 9.17) is 0 Å². The Labute approximate surface area is 116 Å². The van der Waals surface area contributed by atoms with E-state index in [-0.39, 0.29) is 0 Å². The third-order valence-corrected chi connectivity index (χ3v) is 7.49. The van der Waals surface area contributed by atoms with Gasteiger partial charge in [-0.25, -0.2) is 0 Å². The summed E-state index contributed by atoms with van der Waals surface area (Å²) in [5.74, 6) is 1.29. The first-order chi connectivity index (χ1) is 8.75. The summed E-state index contributed by atoms with van der Waals surface area (Å²) in [7, 11) is 0. The predicted octanol–water partition coefficient (Wildman–Crippen LogP) is 3.35. The van der Waals surface area contributed by atoms with Crippen molar-refractivity contribution < 1.29 is 0 Å². The van der Waals surface area contributed by atoms with Crippen molar-refractivity contribution in [3.63, 3.8) is 0 Å². The van der Waals surface area contributed by atoms with E-state index in [2.05, 4.69) is 68.5 Å². The van der Waals surface area contributed by atoms with Crippen molar-refractivity contribution in [3.05, 3.63) is 65.8 Å². The molecule has 0 fully saturated rings. The fourth-order valence-corrected chi connectivity index (χ4v) is 5.80. The molecular weight excluding hydrogens is 283 g/mol. The van der Waals surface area contributed by atoms with Gasteiger partial charge in [-0.2, -0.15) is 0 Å². The number of hydrogen-bond donors (Lipinski definition) is 0. The molecule has 0 heterocycles. The van der Waals surface area contributed by atoms with E-state index in [0.29, 0.717) is 26.8 Å². The van der Waals surface area contributed by atoms with Gasteiger partial charge in [-0.05, 0) is 0 Å². The van der Waals surface area contributed by atoms with Crippen LogP contribution in [0, 0.1) is 25.7 Å². The van der Waals surface area contributed by atoms with Crippen molar-refractivity contribution in [2.75, 3.05) is 0 Å². The molecule has 0 radical (unpaired) electrons. The normalized spacial score (nSPS) is 28.7. The molecule has 2 aliphatic carbocycles. The molecule has 2 bridgehead atoms. The molecule has 18 heavy (non-hydrogen) atoms. The van der Waals surface area contributed by atoms with Crippen LogP contribution in [-0.2, 0) is 0 Å². The summed E-state index contributed by atoms with van der Waals surface area (Å²) in [5.41, 5.74) is 2.93. The first-order valence-corrected chi connectivity index (χ1v) is 8.36. The van der Waals surface area contributed by atoms with E-state index < -0.39 is 0 Å². The van der Waals surface area contributed by atoms with E-state index in [1.807, 2.05) is 0 Å². The summed E-state index contributed by atoms with van der Waals surface area (Å²) in [6.07, 6.45) is 13.9. The Kier molecular flexibility index (Phi) is 3.28. The van der Waals surface area contributed by atoms with Gasteiger partial charge in [0.1, 0.15) is 0 Å². The van der Waals surface area contributed by atoms with E-state index in [1.54, 1.807) is 4.46 Å². The quantitative estimate of drug-likeness (QED) is 0.580. The molecule has 0 N–H and O–H groups in total. The molecule has 0 saturated heterocycles. The van der Waals surface area contributed by atoms with Crippen molar-refractivity contribution >= 4 is 19.4 Å². The summed E-state index contributed by atoms with van der Waals surface area (Å²) in [6, 6.07) is 6.67. The van der Waals surface area contributed by atoms with Crippen LogP contribution in [0.5, 0.6) is 0 Å². The molecule has 2 unspecified atom stereocenters. The average Bonchev–Trinajstić information content (AvgIpc) is 2.57. The Morgan fingerprint density at radius 1 is 0.833 bits per heavy atom. The van der Waals surface area contributed by atoms with Crippen LogP contribution < -0.4 is 4.46 Å². The molecule has 1 aromatic rings. The van der Waals surface area contributed by atoms with Gasteiger partial charge in [0.25, 0.3) is 0 Å². The number of hydrogen-bond acceptors (Lipinski definition) is 0. The van der Waals surface area contributed by atoms with Crippen LogP contribution in [0.25, 0.3) is 0 Å². The van der Waals surface area contributed by atoms with Crippen LogP contribution >= 0.6 is 0 Å². The Hall–Kier alpha value is -1.04. The topological polar surface area (TPSA) is 0 Å². The van der Waals surface area contributed by atoms with E-state index >= 15 is 0 Å². The Balaban J connectivity index is 1.90. The zero-order valence-electron chi connectivity index (χ0n) is 10.8. The second-order valence-electron chi connectivity index (χ2n) is 5.11. The summed E-state index contributed by atoms with van der Waals surface area (Å²) in [4.78, 5) is 0.771. The number of allylic oxidation sites excluding steroid dienone is 6. The van der Waals surface area contributed by atoms with Crippen LogP contribution in [0.2, 0.25) is 4.82 Å². The van der Waals surface area contributed by atoms with Crippen molar-refractivity contribution in [2.45, 2.75) is 18.7 Å². The molecule has 0 aromatic heterocycles. The van der Waals surface area contributed by atoms with E-state index in [0.717, 1.165) is 4.82 Å². The first kappa shape index (κ1) is 12.0. The molecular formula is C17H18Se. The number of fused-ring (bicyclic) bond motifs is 2. The molecule has 0 amide bonds. The van der Waals surface area contributed by atoms with Crippen LogP contribution in [0.3, 0.4) is 0 Å². The van der Waals surface area contributed by atoms with Gasteiger partial charge < -0.3 is 0 Å².